The van der Waals surface area contributed by atoms with Crippen LogP contribution in [0.5, 0.6) is 11.5 Å². The molecule has 1 atom stereocenters. The molecular weight excluding hydrogens is 204 g/mol. The Morgan fingerprint density at radius 1 is 1.31 bits per heavy atom. The summed E-state index contributed by atoms with van der Waals surface area (Å²) in [6.45, 7) is 3.92. The van der Waals surface area contributed by atoms with Crippen LogP contribution in [0.2, 0.25) is 0 Å². The van der Waals surface area contributed by atoms with Crippen molar-refractivity contribution in [2.45, 2.75) is 20.3 Å². The number of hydrogen-bond donors (Lipinski definition) is 0. The van der Waals surface area contributed by atoms with Gasteiger partial charge >= 0.3 is 0 Å². The highest BCUT2D eigenvalue weighted by molar-refractivity contribution is 6.00. The average molecular weight is 222 g/mol. The van der Waals surface area contributed by atoms with Gasteiger partial charge in [0.05, 0.1) is 19.8 Å². The second kappa shape index (κ2) is 5.54. The molecule has 3 nitrogen and oxygen atoms in total. The summed E-state index contributed by atoms with van der Waals surface area (Å²) in [4.78, 5) is 12.0. The van der Waals surface area contributed by atoms with Crippen LogP contribution in [0.3, 0.4) is 0 Å². The molecule has 1 unspecified atom stereocenters. The largest absolute Gasteiger partial charge is 0.497 e. The minimum absolute atomic E-state index is 0.0160. The highest BCUT2D eigenvalue weighted by Gasteiger charge is 2.17. The first kappa shape index (κ1) is 12.6. The van der Waals surface area contributed by atoms with Crippen LogP contribution in [0, 0.1) is 5.92 Å². The van der Waals surface area contributed by atoms with Crippen molar-refractivity contribution in [2.75, 3.05) is 14.2 Å². The molecule has 0 aliphatic rings. The molecule has 0 aromatic heterocycles. The molecule has 88 valence electrons. The van der Waals surface area contributed by atoms with Crippen LogP contribution in [0.15, 0.2) is 18.2 Å². The van der Waals surface area contributed by atoms with E-state index in [0.717, 1.165) is 6.42 Å². The maximum atomic E-state index is 12.0. The van der Waals surface area contributed by atoms with Crippen molar-refractivity contribution >= 4 is 5.78 Å². The summed E-state index contributed by atoms with van der Waals surface area (Å²) in [5.41, 5.74) is 0.623. The van der Waals surface area contributed by atoms with Crippen molar-refractivity contribution in [3.63, 3.8) is 0 Å². The van der Waals surface area contributed by atoms with Crippen LogP contribution < -0.4 is 9.47 Å². The van der Waals surface area contributed by atoms with E-state index in [9.17, 15) is 4.79 Å². The normalized spacial score (nSPS) is 12.0. The molecule has 3 heteroatoms. The third kappa shape index (κ3) is 2.54. The maximum absolute atomic E-state index is 12.0. The lowest BCUT2D eigenvalue weighted by Crippen LogP contribution is -2.11. The van der Waals surface area contributed by atoms with Gasteiger partial charge in [-0.25, -0.2) is 0 Å². The molecule has 0 bridgehead atoms. The van der Waals surface area contributed by atoms with Gasteiger partial charge in [-0.3, -0.25) is 4.79 Å². The molecule has 0 N–H and O–H groups in total. The Bertz CT molecular complexity index is 371. The van der Waals surface area contributed by atoms with Crippen LogP contribution in [0.25, 0.3) is 0 Å². The molecule has 1 aromatic carbocycles. The molecule has 16 heavy (non-hydrogen) atoms. The zero-order chi connectivity index (χ0) is 12.1. The molecule has 0 saturated carbocycles. The Kier molecular flexibility index (Phi) is 4.35. The lowest BCUT2D eigenvalue weighted by molar-refractivity contribution is 0.0924. The number of ketones is 1. The predicted octanol–water partition coefficient (Wildman–Crippen LogP) is 2.93. The lowest BCUT2D eigenvalue weighted by Gasteiger charge is -2.12. The number of Topliss-reactive ketones (excluding diaryl/α,β-unsaturated/α-hetero) is 1. The van der Waals surface area contributed by atoms with Gasteiger partial charge in [0, 0.05) is 12.0 Å². The van der Waals surface area contributed by atoms with E-state index in [1.807, 2.05) is 13.8 Å². The van der Waals surface area contributed by atoms with E-state index in [2.05, 4.69) is 0 Å². The third-order valence-electron chi connectivity index (χ3n) is 2.73. The Morgan fingerprint density at radius 2 is 2.00 bits per heavy atom. The number of hydrogen-bond acceptors (Lipinski definition) is 3. The topological polar surface area (TPSA) is 35.5 Å². The fraction of sp³-hybridized carbons (Fsp3) is 0.462. The molecule has 0 fully saturated rings. The van der Waals surface area contributed by atoms with Gasteiger partial charge in [0.1, 0.15) is 11.5 Å². The number of methoxy groups -OCH3 is 2. The highest BCUT2D eigenvalue weighted by atomic mass is 16.5. The van der Waals surface area contributed by atoms with Crippen molar-refractivity contribution in [1.82, 2.24) is 0 Å². The second-order valence-electron chi connectivity index (χ2n) is 3.74. The van der Waals surface area contributed by atoms with E-state index < -0.39 is 0 Å². The molecule has 1 aromatic rings. The Labute approximate surface area is 96.4 Å². The number of rotatable bonds is 5. The second-order valence-corrected chi connectivity index (χ2v) is 3.74. The van der Waals surface area contributed by atoms with Crippen LogP contribution in [0.1, 0.15) is 30.6 Å². The monoisotopic (exact) mass is 222 g/mol. The van der Waals surface area contributed by atoms with Gasteiger partial charge in [-0.1, -0.05) is 13.8 Å². The molecule has 0 amide bonds. The molecule has 1 rings (SSSR count). The van der Waals surface area contributed by atoms with Crippen LogP contribution in [-0.4, -0.2) is 20.0 Å². The van der Waals surface area contributed by atoms with Gasteiger partial charge in [0.15, 0.2) is 5.78 Å². The van der Waals surface area contributed by atoms with E-state index in [-0.39, 0.29) is 11.7 Å². The Morgan fingerprint density at radius 3 is 2.50 bits per heavy atom. The van der Waals surface area contributed by atoms with Crippen LogP contribution >= 0.6 is 0 Å². The Hall–Kier alpha value is -1.51. The van der Waals surface area contributed by atoms with Gasteiger partial charge in [0.2, 0.25) is 0 Å². The van der Waals surface area contributed by atoms with Gasteiger partial charge in [-0.15, -0.1) is 0 Å². The third-order valence-corrected chi connectivity index (χ3v) is 2.73. The van der Waals surface area contributed by atoms with Crippen LogP contribution in [-0.2, 0) is 0 Å². The first-order chi connectivity index (χ1) is 7.63. The lowest BCUT2D eigenvalue weighted by atomic mass is 9.96. The summed E-state index contributed by atoms with van der Waals surface area (Å²) in [6, 6.07) is 5.26. The number of benzene rings is 1. The molecule has 0 aliphatic heterocycles. The number of ether oxygens (including phenoxy) is 2. The van der Waals surface area contributed by atoms with Gasteiger partial charge in [-0.2, -0.15) is 0 Å². The van der Waals surface area contributed by atoms with Crippen LogP contribution in [0.4, 0.5) is 0 Å². The van der Waals surface area contributed by atoms with Gasteiger partial charge < -0.3 is 9.47 Å². The van der Waals surface area contributed by atoms with Gasteiger partial charge in [-0.05, 0) is 18.6 Å². The summed E-state index contributed by atoms with van der Waals surface area (Å²) < 4.78 is 10.3. The molecule has 0 spiro atoms. The van der Waals surface area contributed by atoms with E-state index in [4.69, 9.17) is 9.47 Å². The minimum Gasteiger partial charge on any atom is -0.497 e. The first-order valence-electron chi connectivity index (χ1n) is 5.40. The molecule has 0 heterocycles. The molecule has 0 saturated heterocycles. The summed E-state index contributed by atoms with van der Waals surface area (Å²) in [6.07, 6.45) is 0.827. The van der Waals surface area contributed by atoms with Gasteiger partial charge in [0.25, 0.3) is 0 Å². The molecule has 0 aliphatic carbocycles. The SMILES string of the molecule is CCC(C)C(=O)c1ccc(OC)cc1OC. The van der Waals surface area contributed by atoms with E-state index in [0.29, 0.717) is 17.1 Å². The smallest absolute Gasteiger partial charge is 0.169 e. The summed E-state index contributed by atoms with van der Waals surface area (Å²) in [5, 5.41) is 0. The van der Waals surface area contributed by atoms with E-state index in [1.165, 1.54) is 0 Å². The van der Waals surface area contributed by atoms with E-state index >= 15 is 0 Å². The fourth-order valence-corrected chi connectivity index (χ4v) is 1.45. The van der Waals surface area contributed by atoms with Crippen molar-refractivity contribution in [3.05, 3.63) is 23.8 Å². The summed E-state index contributed by atoms with van der Waals surface area (Å²) in [5.74, 6) is 1.39. The van der Waals surface area contributed by atoms with Crippen molar-refractivity contribution < 1.29 is 14.3 Å². The molecule has 0 radical (unpaired) electrons. The average Bonchev–Trinajstić information content (AvgIpc) is 2.35. The molecular formula is C13H18O3. The van der Waals surface area contributed by atoms with Crippen molar-refractivity contribution in [3.8, 4) is 11.5 Å². The zero-order valence-corrected chi connectivity index (χ0v) is 10.2. The van der Waals surface area contributed by atoms with Crippen molar-refractivity contribution in [2.24, 2.45) is 5.92 Å². The minimum atomic E-state index is 0.0160. The number of carbonyl (C=O) groups excluding carboxylic acids is 1. The zero-order valence-electron chi connectivity index (χ0n) is 10.2. The fourth-order valence-electron chi connectivity index (χ4n) is 1.45. The quantitative estimate of drug-likeness (QED) is 0.718. The number of carbonyl (C=O) groups is 1. The van der Waals surface area contributed by atoms with E-state index in [1.54, 1.807) is 32.4 Å². The summed E-state index contributed by atoms with van der Waals surface area (Å²) in [7, 11) is 3.15. The highest BCUT2D eigenvalue weighted by Crippen LogP contribution is 2.27. The predicted molar refractivity (Wildman–Crippen MR) is 63.3 cm³/mol. The van der Waals surface area contributed by atoms with Crippen molar-refractivity contribution in [1.29, 1.82) is 0 Å². The Balaban J connectivity index is 3.08. The summed E-state index contributed by atoms with van der Waals surface area (Å²) >= 11 is 0. The first-order valence-corrected chi connectivity index (χ1v) is 5.40. The standard InChI is InChI=1S/C13H18O3/c1-5-9(2)13(14)11-7-6-10(15-3)8-12(11)16-4/h6-9H,5H2,1-4H3. The maximum Gasteiger partial charge on any atom is 0.169 e.